The van der Waals surface area contributed by atoms with Crippen molar-refractivity contribution in [1.29, 1.82) is 0 Å². The Bertz CT molecular complexity index is 969. The number of nitrogens with one attached hydrogen (secondary N) is 2. The minimum atomic E-state index is -0.141. The van der Waals surface area contributed by atoms with E-state index < -0.39 is 0 Å². The predicted molar refractivity (Wildman–Crippen MR) is 113 cm³/mol. The highest BCUT2D eigenvalue weighted by atomic mass is 16.5. The summed E-state index contributed by atoms with van der Waals surface area (Å²) >= 11 is 0. The van der Waals surface area contributed by atoms with E-state index in [0.29, 0.717) is 6.54 Å². The van der Waals surface area contributed by atoms with Gasteiger partial charge in [-0.15, -0.1) is 0 Å². The van der Waals surface area contributed by atoms with Crippen LogP contribution in [0.3, 0.4) is 0 Å². The van der Waals surface area contributed by atoms with Gasteiger partial charge in [0.1, 0.15) is 5.75 Å². The van der Waals surface area contributed by atoms with Crippen LogP contribution in [0.2, 0.25) is 0 Å². The molecule has 1 aliphatic rings. The highest BCUT2D eigenvalue weighted by Gasteiger charge is 2.21. The van der Waals surface area contributed by atoms with Crippen LogP contribution in [0.5, 0.6) is 5.75 Å². The molecule has 0 spiro atoms. The Morgan fingerprint density at radius 2 is 2.10 bits per heavy atom. The molecule has 0 bridgehead atoms. The van der Waals surface area contributed by atoms with Crippen LogP contribution in [0.4, 0.5) is 16.2 Å². The fourth-order valence-electron chi connectivity index (χ4n) is 3.54. The van der Waals surface area contributed by atoms with Crippen molar-refractivity contribution in [3.63, 3.8) is 0 Å². The third-order valence-corrected chi connectivity index (χ3v) is 5.26. The first-order valence-corrected chi connectivity index (χ1v) is 9.64. The summed E-state index contributed by atoms with van der Waals surface area (Å²) in [5.41, 5.74) is 5.36. The van der Waals surface area contributed by atoms with Gasteiger partial charge < -0.3 is 19.9 Å². The molecule has 0 saturated carbocycles. The molecule has 2 aromatic carbocycles. The zero-order valence-corrected chi connectivity index (χ0v) is 16.7. The number of aromatic amines is 1. The van der Waals surface area contributed by atoms with E-state index in [1.807, 2.05) is 36.5 Å². The topological polar surface area (TPSA) is 73.5 Å². The van der Waals surface area contributed by atoms with Crippen LogP contribution in [0.25, 0.3) is 0 Å². The predicted octanol–water partition coefficient (Wildman–Crippen LogP) is 3.33. The molecule has 2 amide bonds. The highest BCUT2D eigenvalue weighted by Crippen LogP contribution is 2.32. The van der Waals surface area contributed by atoms with Gasteiger partial charge in [0, 0.05) is 37.7 Å². The summed E-state index contributed by atoms with van der Waals surface area (Å²) in [5.74, 6) is 0.801. The van der Waals surface area contributed by atoms with Gasteiger partial charge in [0.25, 0.3) is 0 Å². The fourth-order valence-corrected chi connectivity index (χ4v) is 3.54. The number of methoxy groups -OCH3 is 1. The van der Waals surface area contributed by atoms with Crippen molar-refractivity contribution >= 4 is 17.4 Å². The summed E-state index contributed by atoms with van der Waals surface area (Å²) in [6, 6.07) is 13.7. The van der Waals surface area contributed by atoms with Gasteiger partial charge in [0.05, 0.1) is 25.7 Å². The molecule has 150 valence electrons. The van der Waals surface area contributed by atoms with Gasteiger partial charge in [-0.25, -0.2) is 9.78 Å². The van der Waals surface area contributed by atoms with Crippen molar-refractivity contribution in [2.24, 2.45) is 0 Å². The van der Waals surface area contributed by atoms with Crippen molar-refractivity contribution in [3.05, 3.63) is 71.8 Å². The van der Waals surface area contributed by atoms with E-state index in [-0.39, 0.29) is 6.03 Å². The number of hydrogen-bond donors (Lipinski definition) is 2. The van der Waals surface area contributed by atoms with Gasteiger partial charge in [-0.05, 0) is 41.8 Å². The maximum atomic E-state index is 12.6. The molecule has 7 nitrogen and oxygen atoms in total. The van der Waals surface area contributed by atoms with Crippen molar-refractivity contribution in [3.8, 4) is 5.75 Å². The highest BCUT2D eigenvalue weighted by molar-refractivity contribution is 5.92. The summed E-state index contributed by atoms with van der Waals surface area (Å²) < 4.78 is 5.16. The van der Waals surface area contributed by atoms with Gasteiger partial charge in [0.2, 0.25) is 0 Å². The SMILES string of the molecule is COc1ccc(CNC(=O)N(C)c2ccc3c(c2)N(Cc2c[nH]cn2)CC3)cc1. The summed E-state index contributed by atoms with van der Waals surface area (Å²) in [5, 5.41) is 2.97. The van der Waals surface area contributed by atoms with E-state index in [9.17, 15) is 4.79 Å². The van der Waals surface area contributed by atoms with Crippen LogP contribution in [-0.2, 0) is 19.5 Å². The van der Waals surface area contributed by atoms with Crippen molar-refractivity contribution in [1.82, 2.24) is 15.3 Å². The lowest BCUT2D eigenvalue weighted by atomic mass is 10.1. The second kappa shape index (κ2) is 8.26. The Labute approximate surface area is 170 Å². The molecule has 0 aliphatic carbocycles. The molecule has 4 rings (SSSR count). The number of hydrogen-bond acceptors (Lipinski definition) is 4. The number of benzene rings is 2. The largest absolute Gasteiger partial charge is 0.497 e. The molecule has 1 aromatic heterocycles. The quantitative estimate of drug-likeness (QED) is 0.676. The molecule has 2 heterocycles. The van der Waals surface area contributed by atoms with Crippen LogP contribution >= 0.6 is 0 Å². The van der Waals surface area contributed by atoms with E-state index in [4.69, 9.17) is 4.74 Å². The van der Waals surface area contributed by atoms with Crippen molar-refractivity contribution in [2.45, 2.75) is 19.5 Å². The normalized spacial score (nSPS) is 12.6. The summed E-state index contributed by atoms with van der Waals surface area (Å²) in [6.45, 7) is 2.18. The molecule has 0 atom stereocenters. The maximum absolute atomic E-state index is 12.6. The number of imidazole rings is 1. The van der Waals surface area contributed by atoms with E-state index in [1.54, 1.807) is 25.4 Å². The lowest BCUT2D eigenvalue weighted by molar-refractivity contribution is 0.247. The maximum Gasteiger partial charge on any atom is 0.321 e. The fraction of sp³-hybridized carbons (Fsp3) is 0.273. The van der Waals surface area contributed by atoms with E-state index in [0.717, 1.165) is 42.2 Å². The number of carbonyl (C=O) groups excluding carboxylic acids is 1. The van der Waals surface area contributed by atoms with E-state index in [2.05, 4.69) is 32.3 Å². The number of anilines is 2. The Hall–Kier alpha value is -3.48. The molecule has 1 aliphatic heterocycles. The van der Waals surface area contributed by atoms with Crippen molar-refractivity contribution in [2.75, 3.05) is 30.5 Å². The summed E-state index contributed by atoms with van der Waals surface area (Å²) in [6.07, 6.45) is 4.62. The Morgan fingerprint density at radius 3 is 2.83 bits per heavy atom. The summed E-state index contributed by atoms with van der Waals surface area (Å²) in [4.78, 5) is 23.9. The third kappa shape index (κ3) is 4.18. The smallest absolute Gasteiger partial charge is 0.321 e. The second-order valence-corrected chi connectivity index (χ2v) is 7.11. The van der Waals surface area contributed by atoms with Gasteiger partial charge in [0.15, 0.2) is 0 Å². The lowest BCUT2D eigenvalue weighted by Gasteiger charge is -2.22. The number of urea groups is 1. The average Bonchev–Trinajstić information content (AvgIpc) is 3.42. The van der Waals surface area contributed by atoms with Gasteiger partial charge in [-0.2, -0.15) is 0 Å². The molecule has 0 unspecified atom stereocenters. The van der Waals surface area contributed by atoms with Crippen LogP contribution in [0.15, 0.2) is 55.0 Å². The Morgan fingerprint density at radius 1 is 1.28 bits per heavy atom. The van der Waals surface area contributed by atoms with Crippen LogP contribution in [0, 0.1) is 0 Å². The zero-order chi connectivity index (χ0) is 20.2. The molecule has 7 heteroatoms. The number of ether oxygens (including phenoxy) is 1. The third-order valence-electron chi connectivity index (χ3n) is 5.26. The van der Waals surface area contributed by atoms with Crippen LogP contribution < -0.4 is 19.9 Å². The molecule has 0 radical (unpaired) electrons. The minimum Gasteiger partial charge on any atom is -0.497 e. The number of rotatable bonds is 6. The zero-order valence-electron chi connectivity index (χ0n) is 16.7. The molecule has 29 heavy (non-hydrogen) atoms. The Balaban J connectivity index is 1.41. The first-order valence-electron chi connectivity index (χ1n) is 9.64. The molecular weight excluding hydrogens is 366 g/mol. The van der Waals surface area contributed by atoms with Crippen LogP contribution in [-0.4, -0.2) is 36.7 Å². The molecule has 3 aromatic rings. The molecule has 2 N–H and O–H groups in total. The molecule has 0 saturated heterocycles. The second-order valence-electron chi connectivity index (χ2n) is 7.11. The monoisotopic (exact) mass is 391 g/mol. The first-order chi connectivity index (χ1) is 14.1. The number of nitrogens with zero attached hydrogens (tertiary/aromatic N) is 3. The van der Waals surface area contributed by atoms with Crippen molar-refractivity contribution < 1.29 is 9.53 Å². The standard InChI is InChI=1S/C22H25N5O2/c1-26(22(28)24-12-16-3-7-20(29-2)8-4-16)19-6-5-17-9-10-27(21(17)11-19)14-18-13-23-15-25-18/h3-8,11,13,15H,9-10,12,14H2,1-2H3,(H,23,25)(H,24,28). The van der Waals surface area contributed by atoms with Gasteiger partial charge in [-0.1, -0.05) is 18.2 Å². The Kier molecular flexibility index (Phi) is 5.37. The van der Waals surface area contributed by atoms with E-state index >= 15 is 0 Å². The number of H-pyrrole nitrogens is 1. The molecule has 0 fully saturated rings. The lowest BCUT2D eigenvalue weighted by Crippen LogP contribution is -2.36. The van der Waals surface area contributed by atoms with Crippen LogP contribution in [0.1, 0.15) is 16.8 Å². The van der Waals surface area contributed by atoms with E-state index in [1.165, 1.54) is 11.3 Å². The van der Waals surface area contributed by atoms with Gasteiger partial charge >= 0.3 is 6.03 Å². The summed E-state index contributed by atoms with van der Waals surface area (Å²) in [7, 11) is 3.43. The number of amides is 2. The average molecular weight is 391 g/mol. The molecular formula is C22H25N5O2. The first kappa shape index (κ1) is 18.9. The number of aromatic nitrogens is 2. The number of fused-ring (bicyclic) bond motifs is 1. The van der Waals surface area contributed by atoms with Gasteiger partial charge in [-0.3, -0.25) is 4.90 Å². The number of carbonyl (C=O) groups is 1. The minimum absolute atomic E-state index is 0.141.